The molecule has 8 heteroatoms. The monoisotopic (exact) mass is 474 g/mol. The van der Waals surface area contributed by atoms with Crippen LogP contribution in [0.3, 0.4) is 0 Å². The standard InChI is InChI=1S/C27H27FN4O3/c1-17(33)24-29-25-20(13-18-9-11-21(28)12-10-18)14-22-23(32(25)30-24)27(2,3)16-31(22)26(34)35-15-19-7-5-4-6-8-19/h4-12,14,17,33H,13,15-16H2,1-3H3. The second kappa shape index (κ2) is 8.78. The van der Waals surface area contributed by atoms with Crippen LogP contribution in [0.25, 0.3) is 5.65 Å². The van der Waals surface area contributed by atoms with Crippen LogP contribution in [0.15, 0.2) is 60.7 Å². The molecule has 2 aromatic carbocycles. The lowest BCUT2D eigenvalue weighted by Crippen LogP contribution is -2.34. The van der Waals surface area contributed by atoms with Gasteiger partial charge in [-0.05, 0) is 36.2 Å². The van der Waals surface area contributed by atoms with E-state index in [4.69, 9.17) is 4.74 Å². The summed E-state index contributed by atoms with van der Waals surface area (Å²) in [6.07, 6.45) is -0.827. The molecule has 0 fully saturated rings. The highest BCUT2D eigenvalue weighted by atomic mass is 19.1. The quantitative estimate of drug-likeness (QED) is 0.443. The molecule has 4 aromatic rings. The SMILES string of the molecule is CC(O)c1nc2c(Cc3ccc(F)cc3)cc3c(n2n1)C(C)(C)CN3C(=O)OCc1ccccc1. The van der Waals surface area contributed by atoms with Crippen molar-refractivity contribution in [2.75, 3.05) is 11.4 Å². The molecule has 1 amide bonds. The number of benzene rings is 2. The van der Waals surface area contributed by atoms with E-state index < -0.39 is 17.6 Å². The van der Waals surface area contributed by atoms with Crippen molar-refractivity contribution in [3.8, 4) is 0 Å². The fourth-order valence-corrected chi connectivity index (χ4v) is 4.58. The Labute approximate surface area is 202 Å². The summed E-state index contributed by atoms with van der Waals surface area (Å²) in [4.78, 5) is 19.4. The lowest BCUT2D eigenvalue weighted by Gasteiger charge is -2.20. The summed E-state index contributed by atoms with van der Waals surface area (Å²) >= 11 is 0. The van der Waals surface area contributed by atoms with Crippen molar-refractivity contribution in [2.24, 2.45) is 0 Å². The highest BCUT2D eigenvalue weighted by molar-refractivity contribution is 5.91. The van der Waals surface area contributed by atoms with Crippen molar-refractivity contribution in [1.82, 2.24) is 14.6 Å². The van der Waals surface area contributed by atoms with Gasteiger partial charge in [-0.3, -0.25) is 4.90 Å². The Morgan fingerprint density at radius 1 is 1.14 bits per heavy atom. The van der Waals surface area contributed by atoms with E-state index in [9.17, 15) is 14.3 Å². The van der Waals surface area contributed by atoms with E-state index in [0.29, 0.717) is 30.1 Å². The molecule has 0 bridgehead atoms. The summed E-state index contributed by atoms with van der Waals surface area (Å²) in [5, 5.41) is 14.8. The van der Waals surface area contributed by atoms with E-state index in [0.717, 1.165) is 22.4 Å². The number of rotatable bonds is 5. The zero-order valence-corrected chi connectivity index (χ0v) is 19.9. The van der Waals surface area contributed by atoms with E-state index in [1.54, 1.807) is 28.5 Å². The molecule has 3 heterocycles. The Balaban J connectivity index is 1.57. The van der Waals surface area contributed by atoms with Crippen LogP contribution in [0.4, 0.5) is 14.9 Å². The third-order valence-corrected chi connectivity index (χ3v) is 6.27. The summed E-state index contributed by atoms with van der Waals surface area (Å²) in [6.45, 7) is 6.28. The first-order valence-corrected chi connectivity index (χ1v) is 11.6. The van der Waals surface area contributed by atoms with Gasteiger partial charge in [-0.1, -0.05) is 56.3 Å². The van der Waals surface area contributed by atoms with Gasteiger partial charge in [0.1, 0.15) is 18.5 Å². The van der Waals surface area contributed by atoms with Crippen molar-refractivity contribution in [3.63, 3.8) is 0 Å². The average molecular weight is 475 g/mol. The van der Waals surface area contributed by atoms with Crippen LogP contribution in [0, 0.1) is 5.82 Å². The van der Waals surface area contributed by atoms with Gasteiger partial charge in [-0.2, -0.15) is 0 Å². The third-order valence-electron chi connectivity index (χ3n) is 6.27. The number of aromatic nitrogens is 3. The number of nitrogens with zero attached hydrogens (tertiary/aromatic N) is 4. The van der Waals surface area contributed by atoms with Crippen molar-refractivity contribution >= 4 is 17.4 Å². The Hall–Kier alpha value is -3.78. The van der Waals surface area contributed by atoms with Crippen LogP contribution in [-0.2, 0) is 23.2 Å². The summed E-state index contributed by atoms with van der Waals surface area (Å²) in [7, 11) is 0. The number of hydrogen-bond donors (Lipinski definition) is 1. The topological polar surface area (TPSA) is 80.0 Å². The number of amides is 1. The Kier molecular flexibility index (Phi) is 5.76. The zero-order chi connectivity index (χ0) is 24.7. The van der Waals surface area contributed by atoms with Gasteiger partial charge in [0.2, 0.25) is 0 Å². The van der Waals surface area contributed by atoms with Gasteiger partial charge in [-0.25, -0.2) is 18.7 Å². The van der Waals surface area contributed by atoms with Gasteiger partial charge in [0.05, 0.1) is 11.4 Å². The molecule has 5 rings (SSSR count). The van der Waals surface area contributed by atoms with Crippen LogP contribution >= 0.6 is 0 Å². The lowest BCUT2D eigenvalue weighted by molar-refractivity contribution is 0.147. The normalized spacial score (nSPS) is 15.3. The fourth-order valence-electron chi connectivity index (χ4n) is 4.58. The molecular weight excluding hydrogens is 447 g/mol. The fraction of sp³-hybridized carbons (Fsp3) is 0.296. The van der Waals surface area contributed by atoms with Crippen LogP contribution in [0.2, 0.25) is 0 Å². The largest absolute Gasteiger partial charge is 0.444 e. The van der Waals surface area contributed by atoms with Gasteiger partial charge in [0, 0.05) is 23.9 Å². The molecule has 180 valence electrons. The molecule has 1 aliphatic rings. The van der Waals surface area contributed by atoms with Gasteiger partial charge in [0.15, 0.2) is 11.5 Å². The maximum atomic E-state index is 13.5. The second-order valence-corrected chi connectivity index (χ2v) is 9.60. The van der Waals surface area contributed by atoms with Crippen LogP contribution in [-0.4, -0.2) is 32.3 Å². The molecular formula is C27H27FN4O3. The highest BCUT2D eigenvalue weighted by Gasteiger charge is 2.42. The molecule has 0 saturated carbocycles. The minimum Gasteiger partial charge on any atom is -0.444 e. The number of carbonyl (C=O) groups is 1. The molecule has 1 aliphatic heterocycles. The molecule has 35 heavy (non-hydrogen) atoms. The zero-order valence-electron chi connectivity index (χ0n) is 19.9. The maximum Gasteiger partial charge on any atom is 0.414 e. The third kappa shape index (κ3) is 4.37. The molecule has 2 aromatic heterocycles. The van der Waals surface area contributed by atoms with Crippen molar-refractivity contribution < 1.29 is 19.0 Å². The minimum absolute atomic E-state index is 0.173. The van der Waals surface area contributed by atoms with E-state index in [1.807, 2.05) is 50.2 Å². The predicted molar refractivity (Wildman–Crippen MR) is 130 cm³/mol. The number of hydrogen-bond acceptors (Lipinski definition) is 5. The van der Waals surface area contributed by atoms with E-state index in [2.05, 4.69) is 10.1 Å². The maximum absolute atomic E-state index is 13.5. The summed E-state index contributed by atoms with van der Waals surface area (Å²) in [6, 6.07) is 17.8. The average Bonchev–Trinajstić information content (AvgIpc) is 3.39. The summed E-state index contributed by atoms with van der Waals surface area (Å²) < 4.78 is 20.8. The number of aliphatic hydroxyl groups excluding tert-OH is 1. The number of pyridine rings is 1. The molecule has 0 radical (unpaired) electrons. The number of fused-ring (bicyclic) bond motifs is 3. The van der Waals surface area contributed by atoms with Gasteiger partial charge in [-0.15, -0.1) is 5.10 Å². The van der Waals surface area contributed by atoms with Gasteiger partial charge >= 0.3 is 6.09 Å². The van der Waals surface area contributed by atoms with Crippen molar-refractivity contribution in [3.05, 3.63) is 94.7 Å². The first-order valence-electron chi connectivity index (χ1n) is 11.6. The molecule has 1 N–H and O–H groups in total. The molecule has 1 unspecified atom stereocenters. The summed E-state index contributed by atoms with van der Waals surface area (Å²) in [5.74, 6) is 0.000432. The smallest absolute Gasteiger partial charge is 0.414 e. The number of ether oxygens (including phenoxy) is 1. The molecule has 0 spiro atoms. The number of aliphatic hydroxyl groups is 1. The van der Waals surface area contributed by atoms with Crippen LogP contribution < -0.4 is 4.90 Å². The van der Waals surface area contributed by atoms with E-state index >= 15 is 0 Å². The first kappa shape index (κ1) is 23.0. The molecule has 1 atom stereocenters. The Morgan fingerprint density at radius 3 is 2.54 bits per heavy atom. The van der Waals surface area contributed by atoms with Gasteiger partial charge < -0.3 is 9.84 Å². The number of anilines is 1. The summed E-state index contributed by atoms with van der Waals surface area (Å²) in [5.41, 5.74) is 4.31. The van der Waals surface area contributed by atoms with E-state index in [-0.39, 0.29) is 12.4 Å². The Morgan fingerprint density at radius 2 is 1.86 bits per heavy atom. The number of carbonyl (C=O) groups excluding carboxylic acids is 1. The van der Waals surface area contributed by atoms with Crippen LogP contribution in [0.1, 0.15) is 55.1 Å². The van der Waals surface area contributed by atoms with Crippen LogP contribution in [0.5, 0.6) is 0 Å². The predicted octanol–water partition coefficient (Wildman–Crippen LogP) is 4.95. The van der Waals surface area contributed by atoms with Crippen molar-refractivity contribution in [1.29, 1.82) is 0 Å². The number of halogens is 1. The molecule has 0 saturated heterocycles. The second-order valence-electron chi connectivity index (χ2n) is 9.60. The first-order chi connectivity index (χ1) is 16.7. The lowest BCUT2D eigenvalue weighted by atomic mass is 9.90. The highest BCUT2D eigenvalue weighted by Crippen LogP contribution is 2.42. The molecule has 0 aliphatic carbocycles. The molecule has 7 nitrogen and oxygen atoms in total. The minimum atomic E-state index is -0.847. The Bertz CT molecular complexity index is 1380. The van der Waals surface area contributed by atoms with E-state index in [1.165, 1.54) is 12.1 Å². The van der Waals surface area contributed by atoms with Crippen molar-refractivity contribution in [2.45, 2.75) is 45.3 Å². The van der Waals surface area contributed by atoms with Gasteiger partial charge in [0.25, 0.3) is 0 Å².